The van der Waals surface area contributed by atoms with E-state index in [9.17, 15) is 0 Å². The molecule has 1 aromatic rings. The Balaban J connectivity index is 2.29. The molecule has 0 saturated carbocycles. The Morgan fingerprint density at radius 2 is 1.84 bits per heavy atom. The van der Waals surface area contributed by atoms with Crippen LogP contribution in [0, 0.1) is 12.8 Å². The number of hydrogen-bond acceptors (Lipinski definition) is 1. The number of hydrogen-bond donors (Lipinski definition) is 1. The topological polar surface area (TPSA) is 12.0 Å². The van der Waals surface area contributed by atoms with Gasteiger partial charge in [-0.25, -0.2) is 0 Å². The summed E-state index contributed by atoms with van der Waals surface area (Å²) in [5, 5.41) is 3.73. The molecule has 1 N–H and O–H groups in total. The number of benzene rings is 1. The van der Waals surface area contributed by atoms with Crippen LogP contribution in [0.3, 0.4) is 0 Å². The van der Waals surface area contributed by atoms with E-state index in [4.69, 9.17) is 0 Å². The number of nitrogens with one attached hydrogen (secondary N) is 1. The van der Waals surface area contributed by atoms with Crippen molar-refractivity contribution in [2.75, 3.05) is 0 Å². The van der Waals surface area contributed by atoms with Gasteiger partial charge in [-0.1, -0.05) is 50.1 Å². The van der Waals surface area contributed by atoms with Gasteiger partial charge in [0.05, 0.1) is 0 Å². The Labute approximate surface area is 119 Å². The quantitative estimate of drug-likeness (QED) is 0.713. The largest absolute Gasteiger partial charge is 0.312 e. The van der Waals surface area contributed by atoms with Gasteiger partial charge in [-0.05, 0) is 51.5 Å². The minimum absolute atomic E-state index is 0.597. The molecule has 3 atom stereocenters. The monoisotopic (exact) mass is 261 g/mol. The van der Waals surface area contributed by atoms with Gasteiger partial charge in [0.25, 0.3) is 0 Å². The van der Waals surface area contributed by atoms with Crippen molar-refractivity contribution in [1.29, 1.82) is 0 Å². The molecule has 0 amide bonds. The summed E-state index contributed by atoms with van der Waals surface area (Å²) < 4.78 is 0. The molecule has 1 aromatic carbocycles. The highest BCUT2D eigenvalue weighted by Crippen LogP contribution is 2.12. The molecule has 19 heavy (non-hydrogen) atoms. The van der Waals surface area contributed by atoms with Crippen molar-refractivity contribution < 1.29 is 0 Å². The lowest BCUT2D eigenvalue weighted by Gasteiger charge is -2.22. The highest BCUT2D eigenvalue weighted by molar-refractivity contribution is 5.22. The summed E-state index contributed by atoms with van der Waals surface area (Å²) in [7, 11) is 0. The molecule has 0 aliphatic heterocycles. The SMILES string of the molecule is CCC(C)CC(C)NC(C)CCc1cccc(C)c1. The highest BCUT2D eigenvalue weighted by Gasteiger charge is 2.10. The molecule has 0 spiro atoms. The Kier molecular flexibility index (Phi) is 7.15. The summed E-state index contributed by atoms with van der Waals surface area (Å²) in [5.41, 5.74) is 2.83. The van der Waals surface area contributed by atoms with Crippen LogP contribution in [0.5, 0.6) is 0 Å². The van der Waals surface area contributed by atoms with E-state index in [1.165, 1.54) is 36.8 Å². The molecule has 0 saturated heterocycles. The zero-order chi connectivity index (χ0) is 14.3. The minimum atomic E-state index is 0.597. The molecule has 108 valence electrons. The van der Waals surface area contributed by atoms with E-state index >= 15 is 0 Å². The fraction of sp³-hybridized carbons (Fsp3) is 0.667. The van der Waals surface area contributed by atoms with Crippen LogP contribution in [0.15, 0.2) is 24.3 Å². The van der Waals surface area contributed by atoms with Crippen LogP contribution in [0.4, 0.5) is 0 Å². The zero-order valence-electron chi connectivity index (χ0n) is 13.4. The van der Waals surface area contributed by atoms with Gasteiger partial charge in [-0.15, -0.1) is 0 Å². The van der Waals surface area contributed by atoms with E-state index in [0.717, 1.165) is 5.92 Å². The van der Waals surface area contributed by atoms with Gasteiger partial charge in [0.15, 0.2) is 0 Å². The van der Waals surface area contributed by atoms with Gasteiger partial charge in [0.2, 0.25) is 0 Å². The molecule has 3 unspecified atom stereocenters. The minimum Gasteiger partial charge on any atom is -0.312 e. The van der Waals surface area contributed by atoms with Crippen molar-refractivity contribution in [2.45, 2.75) is 72.4 Å². The van der Waals surface area contributed by atoms with Crippen LogP contribution in [-0.2, 0) is 6.42 Å². The average molecular weight is 261 g/mol. The first-order valence-electron chi connectivity index (χ1n) is 7.82. The molecular weight excluding hydrogens is 230 g/mol. The Morgan fingerprint density at radius 3 is 2.47 bits per heavy atom. The van der Waals surface area contributed by atoms with Crippen molar-refractivity contribution in [1.82, 2.24) is 5.32 Å². The van der Waals surface area contributed by atoms with E-state index in [0.29, 0.717) is 12.1 Å². The van der Waals surface area contributed by atoms with Gasteiger partial charge in [0, 0.05) is 12.1 Å². The summed E-state index contributed by atoms with van der Waals surface area (Å²) in [5.74, 6) is 0.825. The molecule has 0 aliphatic rings. The van der Waals surface area contributed by atoms with Crippen LogP contribution in [0.2, 0.25) is 0 Å². The maximum absolute atomic E-state index is 3.73. The molecule has 1 heteroatoms. The molecule has 0 bridgehead atoms. The highest BCUT2D eigenvalue weighted by atomic mass is 14.9. The Hall–Kier alpha value is -0.820. The third-order valence-corrected chi connectivity index (χ3v) is 3.97. The van der Waals surface area contributed by atoms with Crippen molar-refractivity contribution in [3.05, 3.63) is 35.4 Å². The molecule has 0 aromatic heterocycles. The lowest BCUT2D eigenvalue weighted by Crippen LogP contribution is -2.35. The van der Waals surface area contributed by atoms with E-state index < -0.39 is 0 Å². The van der Waals surface area contributed by atoms with Gasteiger partial charge < -0.3 is 5.32 Å². The first kappa shape index (κ1) is 16.2. The van der Waals surface area contributed by atoms with Crippen LogP contribution in [-0.4, -0.2) is 12.1 Å². The summed E-state index contributed by atoms with van der Waals surface area (Å²) in [6, 6.07) is 10.1. The first-order chi connectivity index (χ1) is 9.01. The second-order valence-electron chi connectivity index (χ2n) is 6.25. The third kappa shape index (κ3) is 6.77. The average Bonchev–Trinajstić information content (AvgIpc) is 2.36. The van der Waals surface area contributed by atoms with Crippen LogP contribution < -0.4 is 5.32 Å². The van der Waals surface area contributed by atoms with E-state index in [2.05, 4.69) is 64.2 Å². The summed E-state index contributed by atoms with van der Waals surface area (Å²) >= 11 is 0. The number of aryl methyl sites for hydroxylation is 2. The van der Waals surface area contributed by atoms with Crippen molar-refractivity contribution in [3.63, 3.8) is 0 Å². The Morgan fingerprint density at radius 1 is 1.11 bits per heavy atom. The van der Waals surface area contributed by atoms with Crippen molar-refractivity contribution in [3.8, 4) is 0 Å². The Bertz CT molecular complexity index is 358. The summed E-state index contributed by atoms with van der Waals surface area (Å²) in [6.07, 6.45) is 4.95. The molecule has 0 heterocycles. The predicted molar refractivity (Wildman–Crippen MR) is 85.6 cm³/mol. The number of rotatable bonds is 8. The maximum Gasteiger partial charge on any atom is 0.00443 e. The van der Waals surface area contributed by atoms with Gasteiger partial charge in [-0.2, -0.15) is 0 Å². The lowest BCUT2D eigenvalue weighted by molar-refractivity contribution is 0.373. The van der Waals surface area contributed by atoms with E-state index in [-0.39, 0.29) is 0 Å². The van der Waals surface area contributed by atoms with Crippen molar-refractivity contribution in [2.24, 2.45) is 5.92 Å². The summed E-state index contributed by atoms with van der Waals surface area (Å²) in [6.45, 7) is 11.4. The standard InChI is InChI=1S/C18H31N/c1-6-14(2)12-17(5)19-16(4)10-11-18-9-7-8-15(3)13-18/h7-9,13-14,16-17,19H,6,10-12H2,1-5H3. The molecule has 0 radical (unpaired) electrons. The molecule has 1 nitrogen and oxygen atoms in total. The van der Waals surface area contributed by atoms with E-state index in [1.807, 2.05) is 0 Å². The van der Waals surface area contributed by atoms with Gasteiger partial charge in [-0.3, -0.25) is 0 Å². The van der Waals surface area contributed by atoms with Crippen molar-refractivity contribution >= 4 is 0 Å². The molecule has 0 aliphatic carbocycles. The second kappa shape index (κ2) is 8.37. The smallest absolute Gasteiger partial charge is 0.00443 e. The summed E-state index contributed by atoms with van der Waals surface area (Å²) in [4.78, 5) is 0. The van der Waals surface area contributed by atoms with E-state index in [1.54, 1.807) is 0 Å². The van der Waals surface area contributed by atoms with Crippen LogP contribution >= 0.6 is 0 Å². The maximum atomic E-state index is 3.73. The zero-order valence-corrected chi connectivity index (χ0v) is 13.4. The fourth-order valence-electron chi connectivity index (χ4n) is 2.66. The van der Waals surface area contributed by atoms with Gasteiger partial charge >= 0.3 is 0 Å². The first-order valence-corrected chi connectivity index (χ1v) is 7.82. The predicted octanol–water partition coefficient (Wildman–Crippen LogP) is 4.73. The van der Waals surface area contributed by atoms with Crippen LogP contribution in [0.25, 0.3) is 0 Å². The molecule has 1 rings (SSSR count). The molecular formula is C18H31N. The third-order valence-electron chi connectivity index (χ3n) is 3.97. The van der Waals surface area contributed by atoms with Gasteiger partial charge in [0.1, 0.15) is 0 Å². The second-order valence-corrected chi connectivity index (χ2v) is 6.25. The molecule has 0 fully saturated rings. The lowest BCUT2D eigenvalue weighted by atomic mass is 9.99. The normalized spacial score (nSPS) is 16.1. The fourth-order valence-corrected chi connectivity index (χ4v) is 2.66. The van der Waals surface area contributed by atoms with Crippen LogP contribution in [0.1, 0.15) is 58.1 Å².